The molecule has 0 aromatic rings. The van der Waals surface area contributed by atoms with Gasteiger partial charge in [-0.05, 0) is 31.6 Å². The Bertz CT molecular complexity index is 146. The molecule has 2 heteroatoms. The van der Waals surface area contributed by atoms with E-state index in [-0.39, 0.29) is 5.54 Å². The highest BCUT2D eigenvalue weighted by Gasteiger charge is 2.39. The smallest absolute Gasteiger partial charge is 0.0282 e. The highest BCUT2D eigenvalue weighted by atomic mass is 15.0. The van der Waals surface area contributed by atoms with Gasteiger partial charge in [0.2, 0.25) is 0 Å². The van der Waals surface area contributed by atoms with Gasteiger partial charge in [0.25, 0.3) is 0 Å². The van der Waals surface area contributed by atoms with Crippen LogP contribution in [0, 0.1) is 5.92 Å². The molecule has 2 nitrogen and oxygen atoms in total. The Morgan fingerprint density at radius 1 is 1.45 bits per heavy atom. The molecule has 11 heavy (non-hydrogen) atoms. The lowest BCUT2D eigenvalue weighted by atomic mass is 9.82. The Labute approximate surface area is 68.5 Å². The summed E-state index contributed by atoms with van der Waals surface area (Å²) in [5.41, 5.74) is 6.14. The van der Waals surface area contributed by atoms with E-state index in [4.69, 9.17) is 5.73 Å². The standard InChI is InChI=1S/C9H18N2/c1-7-4-8(5-7)11-6-9(10)2-3-9/h7-8,11H,2-6,10H2,1H3. The van der Waals surface area contributed by atoms with Crippen LogP contribution in [0.25, 0.3) is 0 Å². The SMILES string of the molecule is CC1CC(NCC2(N)CC2)C1. The van der Waals surface area contributed by atoms with Crippen molar-refractivity contribution in [2.24, 2.45) is 11.7 Å². The van der Waals surface area contributed by atoms with E-state index >= 15 is 0 Å². The maximum atomic E-state index is 5.95. The van der Waals surface area contributed by atoms with Gasteiger partial charge in [0, 0.05) is 18.1 Å². The summed E-state index contributed by atoms with van der Waals surface area (Å²) in [5, 5.41) is 3.53. The Morgan fingerprint density at radius 2 is 2.09 bits per heavy atom. The molecule has 0 amide bonds. The summed E-state index contributed by atoms with van der Waals surface area (Å²) >= 11 is 0. The topological polar surface area (TPSA) is 38.0 Å². The largest absolute Gasteiger partial charge is 0.324 e. The zero-order chi connectivity index (χ0) is 7.90. The average molecular weight is 154 g/mol. The van der Waals surface area contributed by atoms with E-state index in [9.17, 15) is 0 Å². The predicted octanol–water partition coefficient (Wildman–Crippen LogP) is 0.866. The van der Waals surface area contributed by atoms with E-state index in [1.807, 2.05) is 0 Å². The van der Waals surface area contributed by atoms with Crippen LogP contribution < -0.4 is 11.1 Å². The van der Waals surface area contributed by atoms with Crippen LogP contribution in [-0.4, -0.2) is 18.1 Å². The summed E-state index contributed by atoms with van der Waals surface area (Å²) in [5.74, 6) is 0.945. The fraction of sp³-hybridized carbons (Fsp3) is 1.00. The summed E-state index contributed by atoms with van der Waals surface area (Å²) in [6, 6.07) is 0.783. The minimum atomic E-state index is 0.193. The molecular weight excluding hydrogens is 136 g/mol. The molecule has 0 aromatic carbocycles. The number of hydrogen-bond acceptors (Lipinski definition) is 2. The highest BCUT2D eigenvalue weighted by Crippen LogP contribution is 2.33. The van der Waals surface area contributed by atoms with Gasteiger partial charge in [-0.2, -0.15) is 0 Å². The third-order valence-corrected chi connectivity index (χ3v) is 3.01. The van der Waals surface area contributed by atoms with Crippen LogP contribution in [0.2, 0.25) is 0 Å². The van der Waals surface area contributed by atoms with Crippen molar-refractivity contribution >= 4 is 0 Å². The molecule has 0 radical (unpaired) electrons. The van der Waals surface area contributed by atoms with Crippen molar-refractivity contribution in [2.75, 3.05) is 6.54 Å². The van der Waals surface area contributed by atoms with E-state index in [0.717, 1.165) is 18.5 Å². The summed E-state index contributed by atoms with van der Waals surface area (Å²) in [7, 11) is 0. The lowest BCUT2D eigenvalue weighted by molar-refractivity contribution is 0.237. The lowest BCUT2D eigenvalue weighted by Crippen LogP contribution is -2.46. The van der Waals surface area contributed by atoms with Gasteiger partial charge in [0.1, 0.15) is 0 Å². The second kappa shape index (κ2) is 2.46. The Kier molecular flexibility index (Phi) is 1.69. The summed E-state index contributed by atoms with van der Waals surface area (Å²) < 4.78 is 0. The predicted molar refractivity (Wildman–Crippen MR) is 46.3 cm³/mol. The quantitative estimate of drug-likeness (QED) is 0.633. The van der Waals surface area contributed by atoms with E-state index in [1.165, 1.54) is 25.7 Å². The van der Waals surface area contributed by atoms with Crippen molar-refractivity contribution in [2.45, 2.75) is 44.2 Å². The van der Waals surface area contributed by atoms with Crippen molar-refractivity contribution in [1.29, 1.82) is 0 Å². The second-order valence-electron chi connectivity index (χ2n) is 4.52. The van der Waals surface area contributed by atoms with Gasteiger partial charge in [0.05, 0.1) is 0 Å². The molecule has 0 bridgehead atoms. The van der Waals surface area contributed by atoms with Crippen LogP contribution in [-0.2, 0) is 0 Å². The Balaban J connectivity index is 1.61. The van der Waals surface area contributed by atoms with Crippen molar-refractivity contribution < 1.29 is 0 Å². The van der Waals surface area contributed by atoms with Crippen molar-refractivity contribution in [3.8, 4) is 0 Å². The third-order valence-electron chi connectivity index (χ3n) is 3.01. The normalized spacial score (nSPS) is 39.8. The number of rotatable bonds is 3. The van der Waals surface area contributed by atoms with Gasteiger partial charge < -0.3 is 11.1 Å². The minimum absolute atomic E-state index is 0.193. The zero-order valence-electron chi connectivity index (χ0n) is 7.27. The van der Waals surface area contributed by atoms with Gasteiger partial charge in [-0.15, -0.1) is 0 Å². The molecule has 0 unspecified atom stereocenters. The molecule has 0 aromatic heterocycles. The van der Waals surface area contributed by atoms with Crippen LogP contribution in [0.1, 0.15) is 32.6 Å². The van der Waals surface area contributed by atoms with Crippen molar-refractivity contribution in [3.63, 3.8) is 0 Å². The molecule has 2 aliphatic rings. The second-order valence-corrected chi connectivity index (χ2v) is 4.52. The van der Waals surface area contributed by atoms with Crippen molar-refractivity contribution in [1.82, 2.24) is 5.32 Å². The molecule has 2 aliphatic carbocycles. The molecular formula is C9H18N2. The average Bonchev–Trinajstić information content (AvgIpc) is 2.59. The van der Waals surface area contributed by atoms with Crippen LogP contribution >= 0.6 is 0 Å². The molecule has 0 atom stereocenters. The van der Waals surface area contributed by atoms with Crippen LogP contribution in [0.5, 0.6) is 0 Å². The Morgan fingerprint density at radius 3 is 2.55 bits per heavy atom. The van der Waals surface area contributed by atoms with E-state index in [2.05, 4.69) is 12.2 Å². The van der Waals surface area contributed by atoms with E-state index in [1.54, 1.807) is 0 Å². The molecule has 0 aliphatic heterocycles. The van der Waals surface area contributed by atoms with Gasteiger partial charge in [-0.25, -0.2) is 0 Å². The summed E-state index contributed by atoms with van der Waals surface area (Å²) in [6.07, 6.45) is 5.16. The van der Waals surface area contributed by atoms with E-state index in [0.29, 0.717) is 0 Å². The Hall–Kier alpha value is -0.0800. The van der Waals surface area contributed by atoms with Crippen LogP contribution in [0.15, 0.2) is 0 Å². The van der Waals surface area contributed by atoms with Gasteiger partial charge in [-0.3, -0.25) is 0 Å². The lowest BCUT2D eigenvalue weighted by Gasteiger charge is -2.34. The summed E-state index contributed by atoms with van der Waals surface area (Å²) in [6.45, 7) is 3.36. The van der Waals surface area contributed by atoms with Gasteiger partial charge in [0.15, 0.2) is 0 Å². The first kappa shape index (κ1) is 7.56. The first-order valence-electron chi connectivity index (χ1n) is 4.70. The molecule has 2 saturated carbocycles. The van der Waals surface area contributed by atoms with Crippen LogP contribution in [0.4, 0.5) is 0 Å². The number of nitrogens with one attached hydrogen (secondary N) is 1. The monoisotopic (exact) mass is 154 g/mol. The number of hydrogen-bond donors (Lipinski definition) is 2. The zero-order valence-corrected chi connectivity index (χ0v) is 7.27. The molecule has 0 spiro atoms. The van der Waals surface area contributed by atoms with Gasteiger partial charge >= 0.3 is 0 Å². The molecule has 64 valence electrons. The van der Waals surface area contributed by atoms with E-state index < -0.39 is 0 Å². The molecule has 0 heterocycles. The third kappa shape index (κ3) is 1.74. The molecule has 3 N–H and O–H groups in total. The number of nitrogens with two attached hydrogens (primary N) is 1. The maximum Gasteiger partial charge on any atom is 0.0282 e. The fourth-order valence-corrected chi connectivity index (χ4v) is 1.75. The molecule has 2 rings (SSSR count). The fourth-order valence-electron chi connectivity index (χ4n) is 1.75. The first-order valence-corrected chi connectivity index (χ1v) is 4.70. The summed E-state index contributed by atoms with van der Waals surface area (Å²) in [4.78, 5) is 0. The van der Waals surface area contributed by atoms with Crippen molar-refractivity contribution in [3.05, 3.63) is 0 Å². The molecule has 0 saturated heterocycles. The van der Waals surface area contributed by atoms with Crippen LogP contribution in [0.3, 0.4) is 0 Å². The minimum Gasteiger partial charge on any atom is -0.324 e. The highest BCUT2D eigenvalue weighted by molar-refractivity contribution is 5.01. The maximum absolute atomic E-state index is 5.95. The first-order chi connectivity index (χ1) is 5.18. The molecule has 2 fully saturated rings. The van der Waals surface area contributed by atoms with Gasteiger partial charge in [-0.1, -0.05) is 6.92 Å².